The zero-order chi connectivity index (χ0) is 14.3. The van der Waals surface area contributed by atoms with E-state index in [9.17, 15) is 9.59 Å². The maximum Gasteiger partial charge on any atom is 0.306 e. The van der Waals surface area contributed by atoms with Gasteiger partial charge in [-0.25, -0.2) is 0 Å². The normalized spacial score (nSPS) is 12.5. The average molecular weight is 265 g/mol. The standard InChI is InChI=1S/C13H19N3O3/c1-10(13(18)19)4-3-8-14-12(17)6-5-11-7-9-15-16(11)2/h5-7,9-10H,3-4,8H2,1-2H3,(H,14,17)(H,18,19)/b6-5+. The third-order valence-corrected chi connectivity index (χ3v) is 2.80. The van der Waals surface area contributed by atoms with Crippen LogP contribution in [0.2, 0.25) is 0 Å². The number of nitrogens with one attached hydrogen (secondary N) is 1. The maximum atomic E-state index is 11.5. The van der Waals surface area contributed by atoms with Gasteiger partial charge in [-0.1, -0.05) is 6.92 Å². The van der Waals surface area contributed by atoms with Gasteiger partial charge in [0.05, 0.1) is 11.6 Å². The number of carbonyl (C=O) groups is 2. The van der Waals surface area contributed by atoms with Crippen LogP contribution in [0.15, 0.2) is 18.3 Å². The monoisotopic (exact) mass is 265 g/mol. The van der Waals surface area contributed by atoms with Crippen molar-refractivity contribution in [1.29, 1.82) is 0 Å². The van der Waals surface area contributed by atoms with Crippen molar-refractivity contribution in [3.8, 4) is 0 Å². The summed E-state index contributed by atoms with van der Waals surface area (Å²) in [5.41, 5.74) is 0.842. The SMILES string of the molecule is CC(CCCNC(=O)/C=C/c1ccnn1C)C(=O)O. The highest BCUT2D eigenvalue weighted by molar-refractivity contribution is 5.91. The van der Waals surface area contributed by atoms with Crippen LogP contribution in [0, 0.1) is 5.92 Å². The summed E-state index contributed by atoms with van der Waals surface area (Å²) in [4.78, 5) is 22.1. The third-order valence-electron chi connectivity index (χ3n) is 2.80. The molecule has 0 spiro atoms. The molecule has 0 bridgehead atoms. The first-order valence-corrected chi connectivity index (χ1v) is 6.17. The van der Waals surface area contributed by atoms with Gasteiger partial charge < -0.3 is 10.4 Å². The molecule has 104 valence electrons. The smallest absolute Gasteiger partial charge is 0.306 e. The first-order chi connectivity index (χ1) is 9.00. The molecule has 0 fully saturated rings. The number of hydrogen-bond acceptors (Lipinski definition) is 3. The zero-order valence-electron chi connectivity index (χ0n) is 11.2. The molecule has 1 unspecified atom stereocenters. The number of nitrogens with zero attached hydrogens (tertiary/aromatic N) is 2. The summed E-state index contributed by atoms with van der Waals surface area (Å²) in [7, 11) is 1.80. The Labute approximate surface area is 112 Å². The van der Waals surface area contributed by atoms with E-state index in [0.717, 1.165) is 5.69 Å². The van der Waals surface area contributed by atoms with Crippen molar-refractivity contribution in [2.24, 2.45) is 13.0 Å². The Morgan fingerprint density at radius 3 is 2.89 bits per heavy atom. The van der Waals surface area contributed by atoms with Crippen molar-refractivity contribution in [2.75, 3.05) is 6.54 Å². The fraction of sp³-hybridized carbons (Fsp3) is 0.462. The lowest BCUT2D eigenvalue weighted by molar-refractivity contribution is -0.141. The number of carbonyl (C=O) groups excluding carboxylic acids is 1. The molecule has 0 aliphatic heterocycles. The van der Waals surface area contributed by atoms with E-state index < -0.39 is 5.97 Å². The van der Waals surface area contributed by atoms with Gasteiger partial charge in [0, 0.05) is 25.9 Å². The Morgan fingerprint density at radius 1 is 1.58 bits per heavy atom. The molecule has 0 saturated carbocycles. The molecular weight excluding hydrogens is 246 g/mol. The van der Waals surface area contributed by atoms with Gasteiger partial charge in [-0.05, 0) is 25.0 Å². The Hall–Kier alpha value is -2.11. The Balaban J connectivity index is 2.24. The summed E-state index contributed by atoms with van der Waals surface area (Å²) in [6, 6.07) is 1.80. The van der Waals surface area contributed by atoms with Crippen molar-refractivity contribution in [3.63, 3.8) is 0 Å². The minimum Gasteiger partial charge on any atom is -0.481 e. The number of aliphatic carboxylic acids is 1. The van der Waals surface area contributed by atoms with Gasteiger partial charge in [-0.2, -0.15) is 5.10 Å². The van der Waals surface area contributed by atoms with Gasteiger partial charge in [-0.3, -0.25) is 14.3 Å². The second kappa shape index (κ2) is 7.35. The molecule has 0 radical (unpaired) electrons. The van der Waals surface area contributed by atoms with Gasteiger partial charge in [0.1, 0.15) is 0 Å². The molecule has 19 heavy (non-hydrogen) atoms. The van der Waals surface area contributed by atoms with Crippen LogP contribution in [0.5, 0.6) is 0 Å². The van der Waals surface area contributed by atoms with Crippen molar-refractivity contribution >= 4 is 18.0 Å². The fourth-order valence-electron chi connectivity index (χ4n) is 1.51. The molecule has 0 aromatic carbocycles. The Bertz CT molecular complexity index is 465. The van der Waals surface area contributed by atoms with E-state index >= 15 is 0 Å². The Kier molecular flexibility index (Phi) is 5.78. The van der Waals surface area contributed by atoms with Crippen molar-refractivity contribution < 1.29 is 14.7 Å². The van der Waals surface area contributed by atoms with E-state index in [1.54, 1.807) is 37.0 Å². The highest BCUT2D eigenvalue weighted by atomic mass is 16.4. The van der Waals surface area contributed by atoms with Crippen molar-refractivity contribution in [2.45, 2.75) is 19.8 Å². The number of carboxylic acids is 1. The summed E-state index contributed by atoms with van der Waals surface area (Å²) in [5, 5.41) is 15.4. The third kappa shape index (κ3) is 5.37. The van der Waals surface area contributed by atoms with Crippen LogP contribution >= 0.6 is 0 Å². The van der Waals surface area contributed by atoms with Crippen LogP contribution < -0.4 is 5.32 Å². The molecule has 6 nitrogen and oxygen atoms in total. The van der Waals surface area contributed by atoms with Crippen LogP contribution in [0.4, 0.5) is 0 Å². The fourth-order valence-corrected chi connectivity index (χ4v) is 1.51. The van der Waals surface area contributed by atoms with E-state index in [0.29, 0.717) is 19.4 Å². The second-order valence-corrected chi connectivity index (χ2v) is 4.39. The molecule has 0 aliphatic rings. The number of aryl methyl sites for hydroxylation is 1. The lowest BCUT2D eigenvalue weighted by Crippen LogP contribution is -2.23. The molecular formula is C13H19N3O3. The number of amides is 1. The predicted molar refractivity (Wildman–Crippen MR) is 71.3 cm³/mol. The quantitative estimate of drug-likeness (QED) is 0.570. The van der Waals surface area contributed by atoms with E-state index in [2.05, 4.69) is 10.4 Å². The van der Waals surface area contributed by atoms with Gasteiger partial charge in [0.25, 0.3) is 0 Å². The molecule has 1 atom stereocenters. The topological polar surface area (TPSA) is 84.2 Å². The maximum absolute atomic E-state index is 11.5. The zero-order valence-corrected chi connectivity index (χ0v) is 11.2. The lowest BCUT2D eigenvalue weighted by Gasteiger charge is -2.05. The summed E-state index contributed by atoms with van der Waals surface area (Å²) in [6.45, 7) is 2.14. The molecule has 0 aliphatic carbocycles. The van der Waals surface area contributed by atoms with Gasteiger partial charge in [-0.15, -0.1) is 0 Å². The number of rotatable bonds is 7. The first-order valence-electron chi connectivity index (χ1n) is 6.17. The summed E-state index contributed by atoms with van der Waals surface area (Å²) >= 11 is 0. The molecule has 1 amide bonds. The molecule has 1 aromatic rings. The first kappa shape index (κ1) is 14.9. The van der Waals surface area contributed by atoms with E-state index in [4.69, 9.17) is 5.11 Å². The van der Waals surface area contributed by atoms with E-state index in [1.165, 1.54) is 6.08 Å². The van der Waals surface area contributed by atoms with E-state index in [1.807, 2.05) is 0 Å². The summed E-state index contributed by atoms with van der Waals surface area (Å²) < 4.78 is 1.66. The molecule has 1 rings (SSSR count). The largest absolute Gasteiger partial charge is 0.481 e. The van der Waals surface area contributed by atoms with Crippen LogP contribution in [0.3, 0.4) is 0 Å². The van der Waals surface area contributed by atoms with Crippen LogP contribution in [0.25, 0.3) is 6.08 Å². The van der Waals surface area contributed by atoms with Crippen LogP contribution in [-0.2, 0) is 16.6 Å². The highest BCUT2D eigenvalue weighted by Crippen LogP contribution is 2.04. The van der Waals surface area contributed by atoms with Gasteiger partial charge >= 0.3 is 5.97 Å². The number of aromatic nitrogens is 2. The molecule has 1 heterocycles. The highest BCUT2D eigenvalue weighted by Gasteiger charge is 2.09. The second-order valence-electron chi connectivity index (χ2n) is 4.39. The number of carboxylic acid groups (broad SMARTS) is 1. The predicted octanol–water partition coefficient (Wildman–Crippen LogP) is 1.05. The van der Waals surface area contributed by atoms with Crippen molar-refractivity contribution in [1.82, 2.24) is 15.1 Å². The minimum absolute atomic E-state index is 0.191. The number of hydrogen-bond donors (Lipinski definition) is 2. The average Bonchev–Trinajstić information content (AvgIpc) is 2.77. The van der Waals surface area contributed by atoms with Crippen molar-refractivity contribution in [3.05, 3.63) is 24.0 Å². The van der Waals surface area contributed by atoms with Crippen LogP contribution in [0.1, 0.15) is 25.5 Å². The Morgan fingerprint density at radius 2 is 2.32 bits per heavy atom. The molecule has 6 heteroatoms. The van der Waals surface area contributed by atoms with Crippen LogP contribution in [-0.4, -0.2) is 33.3 Å². The minimum atomic E-state index is -0.803. The summed E-state index contributed by atoms with van der Waals surface area (Å²) in [5.74, 6) is -1.37. The molecule has 2 N–H and O–H groups in total. The summed E-state index contributed by atoms with van der Waals surface area (Å²) in [6.07, 6.45) is 5.99. The van der Waals surface area contributed by atoms with Gasteiger partial charge in [0.15, 0.2) is 0 Å². The van der Waals surface area contributed by atoms with Gasteiger partial charge in [0.2, 0.25) is 5.91 Å². The molecule has 0 saturated heterocycles. The van der Waals surface area contributed by atoms with E-state index in [-0.39, 0.29) is 11.8 Å². The molecule has 1 aromatic heterocycles. The lowest BCUT2D eigenvalue weighted by atomic mass is 10.1.